The van der Waals surface area contributed by atoms with E-state index in [1.54, 1.807) is 12.1 Å². The third-order valence-electron chi connectivity index (χ3n) is 1.60. The van der Waals surface area contributed by atoms with E-state index >= 15 is 0 Å². The van der Waals surface area contributed by atoms with Gasteiger partial charge in [0, 0.05) is 11.1 Å². The van der Waals surface area contributed by atoms with Crippen molar-refractivity contribution >= 4 is 12.6 Å². The van der Waals surface area contributed by atoms with E-state index in [-0.39, 0.29) is 6.10 Å². The van der Waals surface area contributed by atoms with Crippen LogP contribution >= 0.6 is 0 Å². The Morgan fingerprint density at radius 3 is 1.93 bits per heavy atom. The summed E-state index contributed by atoms with van der Waals surface area (Å²) in [6.45, 7) is 3.77. The molecule has 0 N–H and O–H groups in total. The summed E-state index contributed by atoms with van der Waals surface area (Å²) in [5.41, 5.74) is 0.899. The van der Waals surface area contributed by atoms with Gasteiger partial charge >= 0.3 is 0 Å². The number of hydrogen-bond acceptors (Lipinski definition) is 3. The highest BCUT2D eigenvalue weighted by Gasteiger charge is 2.02. The topological polar surface area (TPSA) is 43.4 Å². The largest absolute Gasteiger partial charge is 0.491 e. The van der Waals surface area contributed by atoms with Gasteiger partial charge in [0.25, 0.3) is 0 Å². The molecular weight excluding hydrogens is 180 g/mol. The van der Waals surface area contributed by atoms with Gasteiger partial charge in [-0.3, -0.25) is 9.59 Å². The molecule has 0 amide bonds. The molecule has 1 aromatic rings. The zero-order valence-electron chi connectivity index (χ0n) is 8.19. The Balaban J connectivity index is 3.03. The molecule has 0 aromatic heterocycles. The highest BCUT2D eigenvalue weighted by Crippen LogP contribution is 2.16. The first kappa shape index (κ1) is 10.4. The van der Waals surface area contributed by atoms with Crippen molar-refractivity contribution in [1.82, 2.24) is 0 Å². The zero-order chi connectivity index (χ0) is 10.6. The molecule has 0 heterocycles. The molecule has 0 aliphatic heterocycles. The molecule has 0 saturated carbocycles. The molecule has 14 heavy (non-hydrogen) atoms. The normalized spacial score (nSPS) is 9.93. The third kappa shape index (κ3) is 2.69. The number of hydrogen-bond donors (Lipinski definition) is 0. The van der Waals surface area contributed by atoms with Crippen LogP contribution in [0.5, 0.6) is 5.75 Å². The maximum absolute atomic E-state index is 10.5. The van der Waals surface area contributed by atoms with E-state index in [4.69, 9.17) is 4.74 Å². The number of benzene rings is 1. The first-order valence-corrected chi connectivity index (χ1v) is 4.38. The standard InChI is InChI=1S/C11H12O3/c1-8(2)14-11-4-9(6-12)3-10(5-11)7-13/h3-8H,1-2H3. The Kier molecular flexibility index (Phi) is 3.40. The lowest BCUT2D eigenvalue weighted by Gasteiger charge is -2.10. The SMILES string of the molecule is CC(C)Oc1cc(C=O)cc(C=O)c1. The van der Waals surface area contributed by atoms with Gasteiger partial charge in [-0.1, -0.05) is 0 Å². The summed E-state index contributed by atoms with van der Waals surface area (Å²) in [6, 6.07) is 4.74. The van der Waals surface area contributed by atoms with Crippen LogP contribution in [0.3, 0.4) is 0 Å². The van der Waals surface area contributed by atoms with Gasteiger partial charge in [0.2, 0.25) is 0 Å². The second-order valence-corrected chi connectivity index (χ2v) is 3.24. The fourth-order valence-corrected chi connectivity index (χ4v) is 1.12. The number of rotatable bonds is 4. The van der Waals surface area contributed by atoms with Crippen molar-refractivity contribution in [3.05, 3.63) is 29.3 Å². The lowest BCUT2D eigenvalue weighted by molar-refractivity contribution is 0.112. The van der Waals surface area contributed by atoms with Crippen LogP contribution in [0, 0.1) is 0 Å². The van der Waals surface area contributed by atoms with Gasteiger partial charge in [-0.2, -0.15) is 0 Å². The van der Waals surface area contributed by atoms with Gasteiger partial charge in [0.15, 0.2) is 0 Å². The van der Waals surface area contributed by atoms with Crippen molar-refractivity contribution in [3.63, 3.8) is 0 Å². The third-order valence-corrected chi connectivity index (χ3v) is 1.60. The number of carbonyl (C=O) groups excluding carboxylic acids is 2. The highest BCUT2D eigenvalue weighted by atomic mass is 16.5. The van der Waals surface area contributed by atoms with Crippen LogP contribution in [0.25, 0.3) is 0 Å². The van der Waals surface area contributed by atoms with E-state index in [1.165, 1.54) is 6.07 Å². The van der Waals surface area contributed by atoms with Crippen LogP contribution in [-0.4, -0.2) is 18.7 Å². The van der Waals surface area contributed by atoms with Gasteiger partial charge in [-0.05, 0) is 32.0 Å². The summed E-state index contributed by atoms with van der Waals surface area (Å²) in [5.74, 6) is 0.548. The van der Waals surface area contributed by atoms with E-state index in [0.717, 1.165) is 0 Å². The van der Waals surface area contributed by atoms with Crippen molar-refractivity contribution in [2.24, 2.45) is 0 Å². The Bertz CT molecular complexity index is 316. The van der Waals surface area contributed by atoms with E-state index in [1.807, 2.05) is 13.8 Å². The summed E-state index contributed by atoms with van der Waals surface area (Å²) in [6.07, 6.45) is 1.41. The molecule has 0 aliphatic rings. The zero-order valence-corrected chi connectivity index (χ0v) is 8.19. The first-order valence-electron chi connectivity index (χ1n) is 4.38. The Hall–Kier alpha value is -1.64. The van der Waals surface area contributed by atoms with Crippen LogP contribution in [0.1, 0.15) is 34.6 Å². The fourth-order valence-electron chi connectivity index (χ4n) is 1.12. The predicted octanol–water partition coefficient (Wildman–Crippen LogP) is 2.10. The van der Waals surface area contributed by atoms with Gasteiger partial charge in [-0.25, -0.2) is 0 Å². The van der Waals surface area contributed by atoms with Crippen LogP contribution < -0.4 is 4.74 Å². The molecule has 1 rings (SSSR count). The molecule has 0 fully saturated rings. The minimum Gasteiger partial charge on any atom is -0.491 e. The second kappa shape index (κ2) is 4.56. The minimum absolute atomic E-state index is 0.0244. The predicted molar refractivity (Wildman–Crippen MR) is 53.0 cm³/mol. The maximum atomic E-state index is 10.5. The number of ether oxygens (including phenoxy) is 1. The summed E-state index contributed by atoms with van der Waals surface area (Å²) < 4.78 is 5.38. The van der Waals surface area contributed by atoms with Crippen LogP contribution in [0.4, 0.5) is 0 Å². The maximum Gasteiger partial charge on any atom is 0.150 e. The van der Waals surface area contributed by atoms with E-state index in [9.17, 15) is 9.59 Å². The van der Waals surface area contributed by atoms with Crippen molar-refractivity contribution in [2.45, 2.75) is 20.0 Å². The van der Waals surface area contributed by atoms with Crippen molar-refractivity contribution in [3.8, 4) is 5.75 Å². The molecular formula is C11H12O3. The minimum atomic E-state index is 0.0244. The highest BCUT2D eigenvalue weighted by molar-refractivity contribution is 5.83. The average molecular weight is 192 g/mol. The Morgan fingerprint density at radius 1 is 1.07 bits per heavy atom. The lowest BCUT2D eigenvalue weighted by Crippen LogP contribution is -2.06. The smallest absolute Gasteiger partial charge is 0.150 e. The van der Waals surface area contributed by atoms with Gasteiger partial charge < -0.3 is 4.74 Å². The first-order chi connectivity index (χ1) is 6.65. The van der Waals surface area contributed by atoms with Gasteiger partial charge in [0.1, 0.15) is 18.3 Å². The van der Waals surface area contributed by atoms with Crippen molar-refractivity contribution in [2.75, 3.05) is 0 Å². The van der Waals surface area contributed by atoms with Crippen molar-refractivity contribution < 1.29 is 14.3 Å². The summed E-state index contributed by atoms with van der Waals surface area (Å²) in [4.78, 5) is 21.1. The van der Waals surface area contributed by atoms with Crippen LogP contribution in [-0.2, 0) is 0 Å². The van der Waals surface area contributed by atoms with E-state index in [0.29, 0.717) is 29.4 Å². The molecule has 74 valence electrons. The molecule has 0 bridgehead atoms. The molecule has 1 aromatic carbocycles. The van der Waals surface area contributed by atoms with Gasteiger partial charge in [-0.15, -0.1) is 0 Å². The number of carbonyl (C=O) groups is 2. The van der Waals surface area contributed by atoms with E-state index in [2.05, 4.69) is 0 Å². The molecule has 0 unspecified atom stereocenters. The molecule has 0 spiro atoms. The summed E-state index contributed by atoms with van der Waals surface area (Å²) in [5, 5.41) is 0. The summed E-state index contributed by atoms with van der Waals surface area (Å²) in [7, 11) is 0. The number of aldehydes is 2. The van der Waals surface area contributed by atoms with Crippen LogP contribution in [0.2, 0.25) is 0 Å². The monoisotopic (exact) mass is 192 g/mol. The fraction of sp³-hybridized carbons (Fsp3) is 0.273. The van der Waals surface area contributed by atoms with Crippen LogP contribution in [0.15, 0.2) is 18.2 Å². The van der Waals surface area contributed by atoms with Crippen molar-refractivity contribution in [1.29, 1.82) is 0 Å². The summed E-state index contributed by atoms with van der Waals surface area (Å²) >= 11 is 0. The Labute approximate surface area is 82.7 Å². The molecule has 0 saturated heterocycles. The Morgan fingerprint density at radius 2 is 1.57 bits per heavy atom. The van der Waals surface area contributed by atoms with Gasteiger partial charge in [0.05, 0.1) is 6.10 Å². The average Bonchev–Trinajstić information content (AvgIpc) is 2.16. The molecule has 0 radical (unpaired) electrons. The van der Waals surface area contributed by atoms with E-state index < -0.39 is 0 Å². The lowest BCUT2D eigenvalue weighted by atomic mass is 10.1. The molecule has 3 nitrogen and oxygen atoms in total. The second-order valence-electron chi connectivity index (χ2n) is 3.24. The molecule has 0 aliphatic carbocycles. The quantitative estimate of drug-likeness (QED) is 0.686. The molecule has 3 heteroatoms. The molecule has 0 atom stereocenters.